The van der Waals surface area contributed by atoms with Gasteiger partial charge < -0.3 is 10.4 Å². The first kappa shape index (κ1) is 14.4. The Labute approximate surface area is 108 Å². The summed E-state index contributed by atoms with van der Waals surface area (Å²) in [5.74, 6) is -1.41. The summed E-state index contributed by atoms with van der Waals surface area (Å²) < 4.78 is 12.1. The Bertz CT molecular complexity index is 513. The molecule has 0 fully saturated rings. The zero-order valence-corrected chi connectivity index (χ0v) is 11.2. The van der Waals surface area contributed by atoms with Crippen molar-refractivity contribution in [3.63, 3.8) is 0 Å². The van der Waals surface area contributed by atoms with E-state index in [2.05, 4.69) is 5.32 Å². The molecule has 98 valence electrons. The van der Waals surface area contributed by atoms with E-state index in [1.165, 1.54) is 20.0 Å². The molecule has 0 saturated carbocycles. The highest BCUT2D eigenvalue weighted by Gasteiger charge is 2.21. The number of hydrogen-bond donors (Lipinski definition) is 2. The molecule has 1 rings (SSSR count). The molecule has 5 nitrogen and oxygen atoms in total. The highest BCUT2D eigenvalue weighted by atomic mass is 32.2. The number of carbonyl (C=O) groups is 2. The van der Waals surface area contributed by atoms with Crippen molar-refractivity contribution in [2.24, 2.45) is 0 Å². The van der Waals surface area contributed by atoms with Crippen LogP contribution in [0.15, 0.2) is 23.1 Å². The van der Waals surface area contributed by atoms with Crippen molar-refractivity contribution < 1.29 is 18.9 Å². The summed E-state index contributed by atoms with van der Waals surface area (Å²) in [6.07, 6.45) is 0. The summed E-state index contributed by atoms with van der Waals surface area (Å²) in [5.41, 5.74) is 0.695. The van der Waals surface area contributed by atoms with Gasteiger partial charge in [0.25, 0.3) is 0 Å². The lowest BCUT2D eigenvalue weighted by Gasteiger charge is -2.11. The summed E-state index contributed by atoms with van der Waals surface area (Å²) in [5, 5.41) is 10.7. The average Bonchev–Trinajstić information content (AvgIpc) is 2.36. The van der Waals surface area contributed by atoms with Crippen LogP contribution in [0.5, 0.6) is 0 Å². The van der Waals surface area contributed by atoms with Crippen molar-refractivity contribution in [1.29, 1.82) is 0 Å². The Kier molecular flexibility index (Phi) is 4.61. The number of carboxylic acid groups (broad SMARTS) is 1. The zero-order chi connectivity index (χ0) is 13.9. The molecule has 6 heteroatoms. The minimum atomic E-state index is -1.57. The van der Waals surface area contributed by atoms with E-state index in [-0.39, 0.29) is 11.5 Å². The van der Waals surface area contributed by atoms with Gasteiger partial charge in [0.1, 0.15) is 5.25 Å². The third-order valence-corrected chi connectivity index (χ3v) is 4.18. The Balaban J connectivity index is 3.11. The quantitative estimate of drug-likeness (QED) is 0.852. The maximum absolute atomic E-state index is 12.1. The first-order chi connectivity index (χ1) is 8.38. The number of hydrogen-bond acceptors (Lipinski definition) is 3. The molecule has 0 radical (unpaired) electrons. The molecule has 2 unspecified atom stereocenters. The van der Waals surface area contributed by atoms with Crippen molar-refractivity contribution in [2.45, 2.75) is 24.0 Å². The summed E-state index contributed by atoms with van der Waals surface area (Å²) in [6.45, 7) is 3.20. The van der Waals surface area contributed by atoms with E-state index in [4.69, 9.17) is 5.11 Å². The number of rotatable bonds is 4. The van der Waals surface area contributed by atoms with Crippen LogP contribution in [0.3, 0.4) is 0 Å². The molecular formula is C12H15NO4S. The largest absolute Gasteiger partial charge is 0.478 e. The van der Waals surface area contributed by atoms with Gasteiger partial charge in [0.15, 0.2) is 0 Å². The maximum atomic E-state index is 12.1. The molecule has 1 aromatic carbocycles. The smallest absolute Gasteiger partial charge is 0.335 e. The van der Waals surface area contributed by atoms with Crippen molar-refractivity contribution in [3.05, 3.63) is 29.3 Å². The third-order valence-electron chi connectivity index (χ3n) is 2.61. The van der Waals surface area contributed by atoms with Crippen molar-refractivity contribution in [2.75, 3.05) is 7.05 Å². The Morgan fingerprint density at radius 3 is 2.50 bits per heavy atom. The fourth-order valence-electron chi connectivity index (χ4n) is 1.46. The molecule has 0 aliphatic rings. The molecule has 2 N–H and O–H groups in total. The van der Waals surface area contributed by atoms with Crippen LogP contribution in [-0.2, 0) is 15.6 Å². The van der Waals surface area contributed by atoms with Gasteiger partial charge in [-0.1, -0.05) is 6.07 Å². The molecule has 0 heterocycles. The second-order valence-corrected chi connectivity index (χ2v) is 5.61. The Hall–Kier alpha value is -1.69. The number of carboxylic acids is 1. The van der Waals surface area contributed by atoms with Crippen molar-refractivity contribution in [1.82, 2.24) is 5.32 Å². The maximum Gasteiger partial charge on any atom is 0.335 e. The van der Waals surface area contributed by atoms with Crippen molar-refractivity contribution >= 4 is 22.7 Å². The van der Waals surface area contributed by atoms with Gasteiger partial charge >= 0.3 is 5.97 Å². The Morgan fingerprint density at radius 2 is 2.00 bits per heavy atom. The lowest BCUT2D eigenvalue weighted by Crippen LogP contribution is -2.32. The summed E-state index contributed by atoms with van der Waals surface area (Å²) in [6, 6.07) is 4.53. The van der Waals surface area contributed by atoms with E-state index in [0.717, 1.165) is 0 Å². The predicted octanol–water partition coefficient (Wildman–Crippen LogP) is 0.935. The van der Waals surface area contributed by atoms with Gasteiger partial charge in [-0.3, -0.25) is 9.00 Å². The topological polar surface area (TPSA) is 83.5 Å². The van der Waals surface area contributed by atoms with Gasteiger partial charge in [-0.2, -0.15) is 0 Å². The van der Waals surface area contributed by atoms with Gasteiger partial charge in [-0.25, -0.2) is 4.79 Å². The van der Waals surface area contributed by atoms with Crippen LogP contribution in [0.2, 0.25) is 0 Å². The third kappa shape index (κ3) is 2.95. The van der Waals surface area contributed by atoms with Crippen LogP contribution in [0.1, 0.15) is 22.8 Å². The van der Waals surface area contributed by atoms with Gasteiger partial charge in [-0.15, -0.1) is 0 Å². The number of aryl methyl sites for hydroxylation is 1. The SMILES string of the molecule is CNC(=O)C(C)S(=O)c1ccc(C)c(C(=O)O)c1. The highest BCUT2D eigenvalue weighted by molar-refractivity contribution is 7.86. The average molecular weight is 269 g/mol. The predicted molar refractivity (Wildman–Crippen MR) is 68.1 cm³/mol. The molecule has 0 aromatic heterocycles. The zero-order valence-electron chi connectivity index (χ0n) is 10.4. The number of aromatic carboxylic acids is 1. The molecule has 1 amide bonds. The van der Waals surface area contributed by atoms with Crippen LogP contribution in [0, 0.1) is 6.92 Å². The van der Waals surface area contributed by atoms with Gasteiger partial charge in [0, 0.05) is 11.9 Å². The van der Waals surface area contributed by atoms with Crippen molar-refractivity contribution in [3.8, 4) is 0 Å². The summed E-state index contributed by atoms with van der Waals surface area (Å²) in [4.78, 5) is 22.7. The molecule has 0 saturated heterocycles. The standard InChI is InChI=1S/C12H15NO4S/c1-7-4-5-9(6-10(7)12(15)16)18(17)8(2)11(14)13-3/h4-6,8H,1-3H3,(H,13,14)(H,15,16). The lowest BCUT2D eigenvalue weighted by atomic mass is 10.1. The first-order valence-electron chi connectivity index (χ1n) is 5.34. The monoisotopic (exact) mass is 269 g/mol. The van der Waals surface area contributed by atoms with Gasteiger partial charge in [0.05, 0.1) is 16.4 Å². The van der Waals surface area contributed by atoms with E-state index in [1.807, 2.05) is 0 Å². The van der Waals surface area contributed by atoms with Gasteiger partial charge in [0.2, 0.25) is 5.91 Å². The number of nitrogens with one attached hydrogen (secondary N) is 1. The van der Waals surface area contributed by atoms with E-state index >= 15 is 0 Å². The highest BCUT2D eigenvalue weighted by Crippen LogP contribution is 2.17. The fraction of sp³-hybridized carbons (Fsp3) is 0.333. The molecule has 0 aliphatic carbocycles. The molecule has 0 aliphatic heterocycles. The van der Waals surface area contributed by atoms with Crippen LogP contribution in [0.4, 0.5) is 0 Å². The van der Waals surface area contributed by atoms with E-state index in [1.54, 1.807) is 19.1 Å². The van der Waals surface area contributed by atoms with E-state index in [9.17, 15) is 13.8 Å². The molecular weight excluding hydrogens is 254 g/mol. The molecule has 18 heavy (non-hydrogen) atoms. The summed E-state index contributed by atoms with van der Waals surface area (Å²) in [7, 11) is -0.102. The summed E-state index contributed by atoms with van der Waals surface area (Å²) >= 11 is 0. The lowest BCUT2D eigenvalue weighted by molar-refractivity contribution is -0.119. The van der Waals surface area contributed by atoms with Crippen LogP contribution >= 0.6 is 0 Å². The van der Waals surface area contributed by atoms with E-state index < -0.39 is 22.0 Å². The second kappa shape index (κ2) is 5.77. The normalized spacial score (nSPS) is 13.7. The number of carbonyl (C=O) groups excluding carboxylic acids is 1. The van der Waals surface area contributed by atoms with Crippen LogP contribution in [-0.4, -0.2) is 33.5 Å². The second-order valence-electron chi connectivity index (χ2n) is 3.84. The first-order valence-corrected chi connectivity index (χ1v) is 6.56. The van der Waals surface area contributed by atoms with Crippen LogP contribution < -0.4 is 5.32 Å². The molecule has 0 spiro atoms. The van der Waals surface area contributed by atoms with Crippen LogP contribution in [0.25, 0.3) is 0 Å². The molecule has 1 aromatic rings. The van der Waals surface area contributed by atoms with E-state index in [0.29, 0.717) is 10.5 Å². The minimum absolute atomic E-state index is 0.102. The fourth-order valence-corrected chi connectivity index (χ4v) is 2.62. The van der Waals surface area contributed by atoms with Gasteiger partial charge in [-0.05, 0) is 31.5 Å². The number of benzene rings is 1. The molecule has 0 bridgehead atoms. The minimum Gasteiger partial charge on any atom is -0.478 e. The number of amides is 1. The molecule has 2 atom stereocenters. The Morgan fingerprint density at radius 1 is 1.39 bits per heavy atom.